The van der Waals surface area contributed by atoms with Gasteiger partial charge in [0.2, 0.25) is 0 Å². The molecule has 7 heteroatoms. The van der Waals surface area contributed by atoms with Gasteiger partial charge in [0.05, 0.1) is 11.3 Å². The van der Waals surface area contributed by atoms with Crippen LogP contribution in [0, 0.1) is 24.0 Å². The number of aryl methyl sites for hydroxylation is 2. The van der Waals surface area contributed by atoms with E-state index in [-0.39, 0.29) is 23.7 Å². The van der Waals surface area contributed by atoms with Crippen LogP contribution in [0.3, 0.4) is 0 Å². The molecular weight excluding hydrogens is 348 g/mol. The highest BCUT2D eigenvalue weighted by molar-refractivity contribution is 5.95. The zero-order chi connectivity index (χ0) is 20.0. The van der Waals surface area contributed by atoms with Crippen LogP contribution in [0.1, 0.15) is 36.0 Å². The van der Waals surface area contributed by atoms with E-state index < -0.39 is 23.4 Å². The maximum Gasteiger partial charge on any atom is 0.306 e. The van der Waals surface area contributed by atoms with Crippen molar-refractivity contribution in [2.24, 2.45) is 0 Å². The Balaban J connectivity index is 1.92. The number of esters is 1. The third-order valence-corrected chi connectivity index (χ3v) is 4.29. The molecule has 0 heterocycles. The summed E-state index contributed by atoms with van der Waals surface area (Å²) in [6.07, 6.45) is 0.140. The van der Waals surface area contributed by atoms with Gasteiger partial charge in [-0.1, -0.05) is 37.3 Å². The van der Waals surface area contributed by atoms with E-state index in [1.165, 1.54) is 12.1 Å². The number of carbonyl (C=O) groups is 2. The molecule has 7 nitrogen and oxygen atoms in total. The smallest absolute Gasteiger partial charge is 0.306 e. The molecule has 0 aromatic heterocycles. The van der Waals surface area contributed by atoms with Crippen LogP contribution in [0.2, 0.25) is 0 Å². The summed E-state index contributed by atoms with van der Waals surface area (Å²) in [4.78, 5) is 34.6. The van der Waals surface area contributed by atoms with Crippen LogP contribution in [0.5, 0.6) is 0 Å². The molecule has 1 N–H and O–H groups in total. The van der Waals surface area contributed by atoms with Gasteiger partial charge in [-0.25, -0.2) is 0 Å². The fourth-order valence-electron chi connectivity index (χ4n) is 2.59. The monoisotopic (exact) mass is 370 g/mol. The average Bonchev–Trinajstić information content (AvgIpc) is 2.63. The Labute approximate surface area is 157 Å². The van der Waals surface area contributed by atoms with E-state index in [1.54, 1.807) is 13.8 Å². The lowest BCUT2D eigenvalue weighted by molar-refractivity contribution is -0.384. The van der Waals surface area contributed by atoms with E-state index in [1.807, 2.05) is 37.3 Å². The minimum Gasteiger partial charge on any atom is -0.456 e. The highest BCUT2D eigenvalue weighted by Crippen LogP contribution is 2.28. The number of nitro benzene ring substituents is 1. The van der Waals surface area contributed by atoms with Crippen LogP contribution in [-0.4, -0.2) is 23.4 Å². The van der Waals surface area contributed by atoms with Crippen molar-refractivity contribution in [2.75, 3.05) is 11.9 Å². The third kappa shape index (κ3) is 5.64. The van der Waals surface area contributed by atoms with E-state index in [2.05, 4.69) is 5.32 Å². The Kier molecular flexibility index (Phi) is 6.65. The second kappa shape index (κ2) is 8.93. The van der Waals surface area contributed by atoms with Crippen molar-refractivity contribution in [3.8, 4) is 0 Å². The number of anilines is 1. The van der Waals surface area contributed by atoms with Crippen LogP contribution in [0.4, 0.5) is 11.4 Å². The van der Waals surface area contributed by atoms with E-state index >= 15 is 0 Å². The minimum absolute atomic E-state index is 0.0393. The summed E-state index contributed by atoms with van der Waals surface area (Å²) in [6.45, 7) is 4.95. The number of nitro groups is 1. The first-order valence-corrected chi connectivity index (χ1v) is 8.54. The molecule has 0 unspecified atom stereocenters. The lowest BCUT2D eigenvalue weighted by Crippen LogP contribution is -2.22. The Morgan fingerprint density at radius 3 is 2.41 bits per heavy atom. The Hall–Kier alpha value is -3.22. The predicted octanol–water partition coefficient (Wildman–Crippen LogP) is 3.89. The quantitative estimate of drug-likeness (QED) is 0.453. The fourth-order valence-corrected chi connectivity index (χ4v) is 2.59. The van der Waals surface area contributed by atoms with Crippen LogP contribution < -0.4 is 5.32 Å². The van der Waals surface area contributed by atoms with Crippen LogP contribution in [-0.2, 0) is 14.3 Å². The van der Waals surface area contributed by atoms with Gasteiger partial charge in [-0.3, -0.25) is 19.7 Å². The number of rotatable bonds is 7. The number of nitrogens with zero attached hydrogens (tertiary/aromatic N) is 1. The van der Waals surface area contributed by atoms with Crippen molar-refractivity contribution in [3.63, 3.8) is 0 Å². The molecule has 2 rings (SSSR count). The summed E-state index contributed by atoms with van der Waals surface area (Å²) in [6, 6.07) is 12.4. The van der Waals surface area contributed by atoms with E-state index in [4.69, 9.17) is 4.74 Å². The molecule has 27 heavy (non-hydrogen) atoms. The number of hydrogen-bond acceptors (Lipinski definition) is 5. The third-order valence-electron chi connectivity index (χ3n) is 4.29. The van der Waals surface area contributed by atoms with Gasteiger partial charge >= 0.3 is 5.97 Å². The van der Waals surface area contributed by atoms with Crippen molar-refractivity contribution in [1.29, 1.82) is 0 Å². The number of hydrogen-bond donors (Lipinski definition) is 1. The first-order valence-electron chi connectivity index (χ1n) is 8.54. The van der Waals surface area contributed by atoms with Crippen molar-refractivity contribution in [3.05, 3.63) is 69.3 Å². The Bertz CT molecular complexity index is 849. The largest absolute Gasteiger partial charge is 0.456 e. The first kappa shape index (κ1) is 20.1. The molecule has 0 radical (unpaired) electrons. The second-order valence-corrected chi connectivity index (χ2v) is 6.44. The highest BCUT2D eigenvalue weighted by atomic mass is 16.6. The molecule has 0 aliphatic rings. The lowest BCUT2D eigenvalue weighted by atomic mass is 9.98. The lowest BCUT2D eigenvalue weighted by Gasteiger charge is -2.12. The van der Waals surface area contributed by atoms with Gasteiger partial charge in [-0.2, -0.15) is 0 Å². The number of amides is 1. The standard InChI is InChI=1S/C20H22N2O5/c1-13-9-17(18(22(25)26)10-14(13)2)21-19(23)12-27-20(24)11-15(3)16-7-5-4-6-8-16/h4-10,15H,11-12H2,1-3H3,(H,21,23)/t15-/m1/s1. The molecule has 2 aromatic rings. The van der Waals surface area contributed by atoms with Crippen LogP contribution in [0.15, 0.2) is 42.5 Å². The van der Waals surface area contributed by atoms with Gasteiger partial charge < -0.3 is 10.1 Å². The topological polar surface area (TPSA) is 98.5 Å². The Morgan fingerprint density at radius 2 is 1.78 bits per heavy atom. The summed E-state index contributed by atoms with van der Waals surface area (Å²) < 4.78 is 5.00. The number of ether oxygens (including phenoxy) is 1. The van der Waals surface area contributed by atoms with Crippen molar-refractivity contribution in [1.82, 2.24) is 0 Å². The number of carbonyl (C=O) groups excluding carboxylic acids is 2. The van der Waals surface area contributed by atoms with E-state index in [0.717, 1.165) is 16.7 Å². The molecule has 0 spiro atoms. The molecule has 1 amide bonds. The molecular formula is C20H22N2O5. The SMILES string of the molecule is Cc1cc(NC(=O)COC(=O)C[C@@H](C)c2ccccc2)c([N+](=O)[O-])cc1C. The van der Waals surface area contributed by atoms with Gasteiger partial charge in [0.15, 0.2) is 6.61 Å². The first-order chi connectivity index (χ1) is 12.8. The molecule has 0 bridgehead atoms. The molecule has 2 aromatic carbocycles. The fraction of sp³-hybridized carbons (Fsp3) is 0.300. The van der Waals surface area contributed by atoms with Gasteiger partial charge in [-0.15, -0.1) is 0 Å². The second-order valence-electron chi connectivity index (χ2n) is 6.44. The highest BCUT2D eigenvalue weighted by Gasteiger charge is 2.19. The van der Waals surface area contributed by atoms with E-state index in [9.17, 15) is 19.7 Å². The molecule has 0 fully saturated rings. The molecule has 142 valence electrons. The van der Waals surface area contributed by atoms with Crippen molar-refractivity contribution >= 4 is 23.3 Å². The molecule has 0 saturated carbocycles. The summed E-state index contributed by atoms with van der Waals surface area (Å²) >= 11 is 0. The predicted molar refractivity (Wildman–Crippen MR) is 102 cm³/mol. The maximum atomic E-state index is 12.0. The molecule has 0 aliphatic carbocycles. The molecule has 0 aliphatic heterocycles. The van der Waals surface area contributed by atoms with Crippen molar-refractivity contribution < 1.29 is 19.2 Å². The minimum atomic E-state index is -0.623. The van der Waals surface area contributed by atoms with Gasteiger partial charge in [0.25, 0.3) is 11.6 Å². The zero-order valence-corrected chi connectivity index (χ0v) is 15.5. The Morgan fingerprint density at radius 1 is 1.15 bits per heavy atom. The maximum absolute atomic E-state index is 12.0. The van der Waals surface area contributed by atoms with Gasteiger partial charge in [-0.05, 0) is 42.5 Å². The van der Waals surface area contributed by atoms with E-state index in [0.29, 0.717) is 0 Å². The van der Waals surface area contributed by atoms with Crippen molar-refractivity contribution in [2.45, 2.75) is 33.1 Å². The van der Waals surface area contributed by atoms with Gasteiger partial charge in [0, 0.05) is 6.07 Å². The average molecular weight is 370 g/mol. The summed E-state index contributed by atoms with van der Waals surface area (Å²) in [7, 11) is 0. The van der Waals surface area contributed by atoms with Crippen LogP contribution in [0.25, 0.3) is 0 Å². The van der Waals surface area contributed by atoms with Gasteiger partial charge in [0.1, 0.15) is 5.69 Å². The zero-order valence-electron chi connectivity index (χ0n) is 15.5. The summed E-state index contributed by atoms with van der Waals surface area (Å²) in [5.41, 5.74) is 2.45. The molecule has 0 saturated heterocycles. The molecule has 1 atom stereocenters. The summed E-state index contributed by atoms with van der Waals surface area (Å²) in [5, 5.41) is 13.6. The number of nitrogens with one attached hydrogen (secondary N) is 1. The summed E-state index contributed by atoms with van der Waals surface area (Å²) in [5.74, 6) is -1.17. The van der Waals surface area contributed by atoms with Crippen LogP contribution >= 0.6 is 0 Å². The number of benzene rings is 2. The normalized spacial score (nSPS) is 11.5.